The number of benzene rings is 1. The van der Waals surface area contributed by atoms with Crippen molar-refractivity contribution in [3.63, 3.8) is 0 Å². The summed E-state index contributed by atoms with van der Waals surface area (Å²) in [5.41, 5.74) is 0.691. The molecule has 1 rings (SSSR count). The standard InChI is InChI=1S/C19H33O2P/c1-5-14-22(15-6-2,16-7-3,17-8-4)21-19(20)18-12-10-9-11-13-18/h9-13H,5-8,14-17H2,1-4H3. The monoisotopic (exact) mass is 324 g/mol. The fraction of sp³-hybridized carbons (Fsp3) is 0.632. The molecule has 0 atom stereocenters. The Balaban J connectivity index is 3.19. The Hall–Kier alpha value is -0.880. The van der Waals surface area contributed by atoms with E-state index in [0.29, 0.717) is 5.56 Å². The molecule has 0 spiro atoms. The van der Waals surface area contributed by atoms with Crippen molar-refractivity contribution in [1.29, 1.82) is 0 Å². The van der Waals surface area contributed by atoms with E-state index in [1.165, 1.54) is 0 Å². The zero-order chi connectivity index (χ0) is 16.5. The fourth-order valence-corrected chi connectivity index (χ4v) is 10.8. The van der Waals surface area contributed by atoms with E-state index in [-0.39, 0.29) is 5.97 Å². The van der Waals surface area contributed by atoms with E-state index in [1.807, 2.05) is 30.3 Å². The van der Waals surface area contributed by atoms with Crippen LogP contribution in [-0.2, 0) is 4.52 Å². The molecule has 0 saturated heterocycles. The van der Waals surface area contributed by atoms with Crippen LogP contribution in [0.25, 0.3) is 0 Å². The summed E-state index contributed by atoms with van der Waals surface area (Å²) in [6.45, 7) is 6.45. The van der Waals surface area contributed by atoms with E-state index in [0.717, 1.165) is 50.3 Å². The van der Waals surface area contributed by atoms with E-state index in [9.17, 15) is 4.79 Å². The molecule has 0 amide bonds. The third kappa shape index (κ3) is 4.56. The molecule has 0 fully saturated rings. The number of carbonyl (C=O) groups excluding carboxylic acids is 1. The number of hydrogen-bond donors (Lipinski definition) is 0. The molecule has 1 aromatic carbocycles. The molecule has 2 nitrogen and oxygen atoms in total. The van der Waals surface area contributed by atoms with Crippen LogP contribution in [0.15, 0.2) is 30.3 Å². The first-order valence-corrected chi connectivity index (χ1v) is 11.7. The van der Waals surface area contributed by atoms with Gasteiger partial charge in [-0.15, -0.1) is 0 Å². The summed E-state index contributed by atoms with van der Waals surface area (Å²) in [6.07, 6.45) is 8.72. The van der Waals surface area contributed by atoms with Crippen LogP contribution < -0.4 is 0 Å². The molecule has 0 heterocycles. The van der Waals surface area contributed by atoms with Crippen LogP contribution in [-0.4, -0.2) is 30.6 Å². The first-order chi connectivity index (χ1) is 10.5. The molecular formula is C19H33O2P. The summed E-state index contributed by atoms with van der Waals surface area (Å²) in [5.74, 6) is -0.109. The van der Waals surface area contributed by atoms with E-state index in [2.05, 4.69) is 27.7 Å². The molecule has 3 heteroatoms. The molecule has 22 heavy (non-hydrogen) atoms. The van der Waals surface area contributed by atoms with Gasteiger partial charge >= 0.3 is 136 Å². The van der Waals surface area contributed by atoms with Crippen molar-refractivity contribution in [3.05, 3.63) is 35.9 Å². The van der Waals surface area contributed by atoms with Gasteiger partial charge < -0.3 is 0 Å². The van der Waals surface area contributed by atoms with Gasteiger partial charge in [0.1, 0.15) is 0 Å². The summed E-state index contributed by atoms with van der Waals surface area (Å²) in [4.78, 5) is 12.8. The van der Waals surface area contributed by atoms with Crippen LogP contribution in [0.2, 0.25) is 0 Å². The third-order valence-electron chi connectivity index (χ3n) is 4.51. The Bertz CT molecular complexity index is 420. The first-order valence-electron chi connectivity index (χ1n) is 8.84. The number of carbonyl (C=O) groups is 1. The molecule has 0 unspecified atom stereocenters. The molecule has 126 valence electrons. The van der Waals surface area contributed by atoms with Crippen LogP contribution in [0, 0.1) is 0 Å². The summed E-state index contributed by atoms with van der Waals surface area (Å²) in [6, 6.07) is 9.48. The molecule has 0 aliphatic heterocycles. The van der Waals surface area contributed by atoms with Crippen molar-refractivity contribution in [2.75, 3.05) is 24.6 Å². The van der Waals surface area contributed by atoms with E-state index in [1.54, 1.807) is 0 Å². The molecule has 0 aliphatic carbocycles. The second kappa shape index (κ2) is 8.67. The van der Waals surface area contributed by atoms with E-state index >= 15 is 0 Å². The molecule has 0 aromatic heterocycles. The van der Waals surface area contributed by atoms with Gasteiger partial charge in [-0.1, -0.05) is 0 Å². The number of hydrogen-bond acceptors (Lipinski definition) is 2. The first kappa shape index (κ1) is 19.2. The van der Waals surface area contributed by atoms with Crippen molar-refractivity contribution in [2.24, 2.45) is 0 Å². The predicted molar refractivity (Wildman–Crippen MR) is 99.4 cm³/mol. The topological polar surface area (TPSA) is 26.3 Å². The van der Waals surface area contributed by atoms with Gasteiger partial charge in [0, 0.05) is 0 Å². The maximum absolute atomic E-state index is 12.8. The Morgan fingerprint density at radius 3 is 1.59 bits per heavy atom. The minimum absolute atomic E-state index is 0.109. The Morgan fingerprint density at radius 1 is 0.818 bits per heavy atom. The van der Waals surface area contributed by atoms with E-state index < -0.39 is 6.83 Å². The Labute approximate surface area is 136 Å². The van der Waals surface area contributed by atoms with Crippen molar-refractivity contribution < 1.29 is 9.32 Å². The summed E-state index contributed by atoms with van der Waals surface area (Å²) >= 11 is 0. The van der Waals surface area contributed by atoms with Gasteiger partial charge in [-0.05, 0) is 0 Å². The normalized spacial score (nSPS) is 13.4. The average molecular weight is 324 g/mol. The second-order valence-corrected chi connectivity index (χ2v) is 12.2. The number of rotatable bonds is 10. The van der Waals surface area contributed by atoms with Gasteiger partial charge in [0.05, 0.1) is 0 Å². The van der Waals surface area contributed by atoms with Crippen molar-refractivity contribution >= 4 is 12.8 Å². The molecule has 0 saturated carbocycles. The van der Waals surface area contributed by atoms with Crippen LogP contribution in [0.3, 0.4) is 0 Å². The molecule has 0 radical (unpaired) electrons. The molecule has 0 bridgehead atoms. The van der Waals surface area contributed by atoms with Crippen molar-refractivity contribution in [3.8, 4) is 0 Å². The van der Waals surface area contributed by atoms with Crippen LogP contribution in [0.4, 0.5) is 0 Å². The quantitative estimate of drug-likeness (QED) is 0.497. The fourth-order valence-electron chi connectivity index (χ4n) is 3.98. The van der Waals surface area contributed by atoms with E-state index in [4.69, 9.17) is 4.52 Å². The predicted octanol–water partition coefficient (Wildman–Crippen LogP) is 5.95. The van der Waals surface area contributed by atoms with Gasteiger partial charge in [0.25, 0.3) is 0 Å². The zero-order valence-electron chi connectivity index (χ0n) is 14.8. The van der Waals surface area contributed by atoms with Crippen LogP contribution >= 0.6 is 6.83 Å². The minimum atomic E-state index is -2.43. The molecule has 0 N–H and O–H groups in total. The molecule has 1 aromatic rings. The summed E-state index contributed by atoms with van der Waals surface area (Å²) in [5, 5.41) is 0. The van der Waals surface area contributed by atoms with Crippen molar-refractivity contribution in [1.82, 2.24) is 0 Å². The molecule has 0 aliphatic rings. The van der Waals surface area contributed by atoms with Crippen molar-refractivity contribution in [2.45, 2.75) is 53.4 Å². The van der Waals surface area contributed by atoms with Gasteiger partial charge in [-0.2, -0.15) is 0 Å². The SMILES string of the molecule is CCCP(CCC)(CCC)(CCC)OC(=O)c1ccccc1. The second-order valence-electron chi connectivity index (χ2n) is 6.50. The summed E-state index contributed by atoms with van der Waals surface area (Å²) in [7, 11) is 0. The zero-order valence-corrected chi connectivity index (χ0v) is 15.7. The van der Waals surface area contributed by atoms with Gasteiger partial charge in [0.2, 0.25) is 0 Å². The van der Waals surface area contributed by atoms with Crippen LogP contribution in [0.5, 0.6) is 0 Å². The maximum atomic E-state index is 12.8. The van der Waals surface area contributed by atoms with Gasteiger partial charge in [-0.3, -0.25) is 0 Å². The Morgan fingerprint density at radius 2 is 1.23 bits per heavy atom. The molecular weight excluding hydrogens is 291 g/mol. The summed E-state index contributed by atoms with van der Waals surface area (Å²) < 4.78 is 6.47. The third-order valence-corrected chi connectivity index (χ3v) is 11.5. The Kier molecular flexibility index (Phi) is 7.56. The van der Waals surface area contributed by atoms with Crippen LogP contribution in [0.1, 0.15) is 63.7 Å². The average Bonchev–Trinajstić information content (AvgIpc) is 2.49. The van der Waals surface area contributed by atoms with Gasteiger partial charge in [-0.25, -0.2) is 0 Å². The van der Waals surface area contributed by atoms with Gasteiger partial charge in [0.15, 0.2) is 0 Å².